The standard InChI is InChI=1S/C20H28N2O2S2/c1-17-6-8-18(9-7-17)16-26(23,24)21-14-20(19-10-13-25-15-19)22-11-4-2-3-5-12-22/h6-10,13,15,20-21H,2-5,11-12,14,16H2,1H3. The van der Waals surface area contributed by atoms with Crippen LogP contribution < -0.4 is 4.72 Å². The number of hydrogen-bond donors (Lipinski definition) is 1. The van der Waals surface area contributed by atoms with Gasteiger partial charge in [0.25, 0.3) is 0 Å². The zero-order valence-corrected chi connectivity index (χ0v) is 17.0. The monoisotopic (exact) mass is 392 g/mol. The number of benzene rings is 1. The number of nitrogens with zero attached hydrogens (tertiary/aromatic N) is 1. The molecule has 1 aromatic carbocycles. The van der Waals surface area contributed by atoms with Crippen LogP contribution in [0.2, 0.25) is 0 Å². The summed E-state index contributed by atoms with van der Waals surface area (Å²) in [6.45, 7) is 4.52. The Bertz CT molecular complexity index is 763. The fourth-order valence-corrected chi connectivity index (χ4v) is 5.34. The number of hydrogen-bond acceptors (Lipinski definition) is 4. The van der Waals surface area contributed by atoms with Crippen LogP contribution >= 0.6 is 11.3 Å². The molecule has 0 bridgehead atoms. The molecule has 1 aliphatic heterocycles. The first kappa shape index (κ1) is 19.5. The predicted molar refractivity (Wildman–Crippen MR) is 109 cm³/mol. The average molecular weight is 393 g/mol. The molecule has 0 radical (unpaired) electrons. The Morgan fingerprint density at radius 1 is 1.08 bits per heavy atom. The smallest absolute Gasteiger partial charge is 0.215 e. The maximum Gasteiger partial charge on any atom is 0.215 e. The molecule has 2 aromatic rings. The summed E-state index contributed by atoms with van der Waals surface area (Å²) in [6.07, 6.45) is 4.92. The lowest BCUT2D eigenvalue weighted by molar-refractivity contribution is 0.206. The zero-order valence-electron chi connectivity index (χ0n) is 15.4. The highest BCUT2D eigenvalue weighted by Crippen LogP contribution is 2.25. The SMILES string of the molecule is Cc1ccc(CS(=O)(=O)NCC(c2ccsc2)N2CCCCCC2)cc1. The van der Waals surface area contributed by atoms with Crippen molar-refractivity contribution < 1.29 is 8.42 Å². The summed E-state index contributed by atoms with van der Waals surface area (Å²) >= 11 is 1.67. The minimum absolute atomic E-state index is 0.0314. The van der Waals surface area contributed by atoms with E-state index in [1.54, 1.807) is 11.3 Å². The number of thiophene rings is 1. The highest BCUT2D eigenvalue weighted by atomic mass is 32.2. The minimum Gasteiger partial charge on any atom is -0.295 e. The molecule has 0 amide bonds. The van der Waals surface area contributed by atoms with Crippen molar-refractivity contribution in [2.24, 2.45) is 0 Å². The van der Waals surface area contributed by atoms with E-state index in [1.807, 2.05) is 31.2 Å². The van der Waals surface area contributed by atoms with Gasteiger partial charge in [-0.05, 0) is 60.8 Å². The van der Waals surface area contributed by atoms with Crippen LogP contribution in [0.15, 0.2) is 41.1 Å². The Labute approximate surface area is 161 Å². The van der Waals surface area contributed by atoms with Gasteiger partial charge in [0.05, 0.1) is 5.75 Å². The third-order valence-corrected chi connectivity index (χ3v) is 7.00. The van der Waals surface area contributed by atoms with Gasteiger partial charge in [0.2, 0.25) is 10.0 Å². The zero-order chi connectivity index (χ0) is 18.4. The molecule has 1 aliphatic rings. The van der Waals surface area contributed by atoms with Crippen molar-refractivity contribution in [1.82, 2.24) is 9.62 Å². The summed E-state index contributed by atoms with van der Waals surface area (Å²) in [7, 11) is -3.35. The topological polar surface area (TPSA) is 49.4 Å². The number of nitrogens with one attached hydrogen (secondary N) is 1. The molecule has 6 heteroatoms. The van der Waals surface area contributed by atoms with Gasteiger partial charge in [-0.2, -0.15) is 11.3 Å². The van der Waals surface area contributed by atoms with Crippen molar-refractivity contribution in [3.63, 3.8) is 0 Å². The van der Waals surface area contributed by atoms with Crippen LogP contribution in [0.1, 0.15) is 48.4 Å². The molecule has 142 valence electrons. The Hall–Kier alpha value is -1.21. The predicted octanol–water partition coefficient (Wildman–Crippen LogP) is 4.09. The van der Waals surface area contributed by atoms with Gasteiger partial charge in [-0.1, -0.05) is 42.7 Å². The maximum atomic E-state index is 12.6. The molecule has 0 aliphatic carbocycles. The van der Waals surface area contributed by atoms with E-state index in [9.17, 15) is 8.42 Å². The Balaban J connectivity index is 1.67. The maximum absolute atomic E-state index is 12.6. The van der Waals surface area contributed by atoms with Crippen molar-refractivity contribution >= 4 is 21.4 Å². The summed E-state index contributed by atoms with van der Waals surface area (Å²) in [5, 5.41) is 4.21. The van der Waals surface area contributed by atoms with E-state index < -0.39 is 10.0 Å². The average Bonchev–Trinajstić information content (AvgIpc) is 3.00. The van der Waals surface area contributed by atoms with Crippen molar-refractivity contribution in [3.8, 4) is 0 Å². The second-order valence-electron chi connectivity index (χ2n) is 7.12. The molecule has 0 spiro atoms. The van der Waals surface area contributed by atoms with E-state index >= 15 is 0 Å². The van der Waals surface area contributed by atoms with Crippen LogP contribution in [0.3, 0.4) is 0 Å². The molecule has 0 saturated carbocycles. The third kappa shape index (κ3) is 5.64. The van der Waals surface area contributed by atoms with E-state index in [0.29, 0.717) is 6.54 Å². The van der Waals surface area contributed by atoms with Gasteiger partial charge < -0.3 is 0 Å². The van der Waals surface area contributed by atoms with Crippen LogP contribution in [0.25, 0.3) is 0 Å². The molecule has 1 aromatic heterocycles. The molecule has 4 nitrogen and oxygen atoms in total. The van der Waals surface area contributed by atoms with Crippen molar-refractivity contribution in [2.45, 2.75) is 44.4 Å². The van der Waals surface area contributed by atoms with Crippen LogP contribution in [-0.2, 0) is 15.8 Å². The Morgan fingerprint density at radius 3 is 2.38 bits per heavy atom. The second kappa shape index (κ2) is 9.13. The van der Waals surface area contributed by atoms with Crippen LogP contribution in [0.5, 0.6) is 0 Å². The first-order valence-electron chi connectivity index (χ1n) is 9.32. The largest absolute Gasteiger partial charge is 0.295 e. The van der Waals surface area contributed by atoms with Gasteiger partial charge in [-0.3, -0.25) is 4.90 Å². The molecular weight excluding hydrogens is 364 g/mol. The molecule has 1 atom stereocenters. The minimum atomic E-state index is -3.35. The van der Waals surface area contributed by atoms with Gasteiger partial charge in [0.1, 0.15) is 0 Å². The lowest BCUT2D eigenvalue weighted by Gasteiger charge is -2.30. The molecule has 1 saturated heterocycles. The third-order valence-electron chi connectivity index (χ3n) is 4.98. The summed E-state index contributed by atoms with van der Waals surface area (Å²) in [5.74, 6) is 0.0314. The van der Waals surface area contributed by atoms with Crippen molar-refractivity contribution in [3.05, 3.63) is 57.8 Å². The normalized spacial score (nSPS) is 17.7. The van der Waals surface area contributed by atoms with Crippen molar-refractivity contribution in [1.29, 1.82) is 0 Å². The first-order chi connectivity index (χ1) is 12.5. The van der Waals surface area contributed by atoms with Gasteiger partial charge in [0.15, 0.2) is 0 Å². The summed E-state index contributed by atoms with van der Waals surface area (Å²) in [5.41, 5.74) is 3.18. The number of sulfonamides is 1. The first-order valence-corrected chi connectivity index (χ1v) is 11.9. The number of likely N-dealkylation sites (tertiary alicyclic amines) is 1. The highest BCUT2D eigenvalue weighted by molar-refractivity contribution is 7.88. The summed E-state index contributed by atoms with van der Waals surface area (Å²) in [6, 6.07) is 9.92. The van der Waals surface area contributed by atoms with E-state index in [1.165, 1.54) is 31.2 Å². The summed E-state index contributed by atoms with van der Waals surface area (Å²) < 4.78 is 28.0. The molecule has 3 rings (SSSR count). The molecule has 1 N–H and O–H groups in total. The van der Waals surface area contributed by atoms with Gasteiger partial charge >= 0.3 is 0 Å². The van der Waals surface area contributed by atoms with Crippen molar-refractivity contribution in [2.75, 3.05) is 19.6 Å². The van der Waals surface area contributed by atoms with E-state index in [2.05, 4.69) is 26.4 Å². The summed E-state index contributed by atoms with van der Waals surface area (Å²) in [4.78, 5) is 2.45. The highest BCUT2D eigenvalue weighted by Gasteiger charge is 2.24. The van der Waals surface area contributed by atoms with E-state index in [0.717, 1.165) is 24.2 Å². The molecular formula is C20H28N2O2S2. The lowest BCUT2D eigenvalue weighted by atomic mass is 10.1. The van der Waals surface area contributed by atoms with Crippen LogP contribution in [0, 0.1) is 6.92 Å². The Kier molecular flexibility index (Phi) is 6.86. The number of rotatable bonds is 7. The van der Waals surface area contributed by atoms with Crippen LogP contribution in [-0.4, -0.2) is 33.0 Å². The second-order valence-corrected chi connectivity index (χ2v) is 9.70. The molecule has 1 unspecified atom stereocenters. The van der Waals surface area contributed by atoms with Gasteiger partial charge in [-0.15, -0.1) is 0 Å². The van der Waals surface area contributed by atoms with Crippen LogP contribution in [0.4, 0.5) is 0 Å². The Morgan fingerprint density at radius 2 is 1.77 bits per heavy atom. The fourth-order valence-electron chi connectivity index (χ4n) is 3.49. The van der Waals surface area contributed by atoms with E-state index in [4.69, 9.17) is 0 Å². The molecule has 1 fully saturated rings. The number of aryl methyl sites for hydroxylation is 1. The lowest BCUT2D eigenvalue weighted by Crippen LogP contribution is -2.38. The van der Waals surface area contributed by atoms with E-state index in [-0.39, 0.29) is 11.8 Å². The molecule has 2 heterocycles. The fraction of sp³-hybridized carbons (Fsp3) is 0.500. The van der Waals surface area contributed by atoms with Gasteiger partial charge in [-0.25, -0.2) is 13.1 Å². The quantitative estimate of drug-likeness (QED) is 0.772. The molecule has 26 heavy (non-hydrogen) atoms. The van der Waals surface area contributed by atoms with Gasteiger partial charge in [0, 0.05) is 12.6 Å².